The number of rotatable bonds is 3. The molecule has 2 aromatic rings. The summed E-state index contributed by atoms with van der Waals surface area (Å²) in [6, 6.07) is 1.81. The van der Waals surface area contributed by atoms with Gasteiger partial charge < -0.3 is 10.1 Å². The lowest BCUT2D eigenvalue weighted by molar-refractivity contribution is -0.144. The van der Waals surface area contributed by atoms with Crippen LogP contribution in [0.1, 0.15) is 18.5 Å². The van der Waals surface area contributed by atoms with Crippen LogP contribution in [0.25, 0.3) is 5.82 Å². The Morgan fingerprint density at radius 1 is 1.58 bits per heavy atom. The number of hydrogen-bond acceptors (Lipinski definition) is 6. The van der Waals surface area contributed by atoms with Crippen molar-refractivity contribution in [2.45, 2.75) is 12.8 Å². The quantitative estimate of drug-likeness (QED) is 0.818. The average molecular weight is 259 g/mol. The zero-order valence-corrected chi connectivity index (χ0v) is 10.4. The highest BCUT2D eigenvalue weighted by Crippen LogP contribution is 2.33. The van der Waals surface area contributed by atoms with Crippen LogP contribution in [-0.4, -0.2) is 38.9 Å². The van der Waals surface area contributed by atoms with Crippen molar-refractivity contribution in [2.24, 2.45) is 0 Å². The van der Waals surface area contributed by atoms with E-state index in [0.29, 0.717) is 24.7 Å². The van der Waals surface area contributed by atoms with Gasteiger partial charge in [-0.05, 0) is 13.0 Å². The third-order valence-corrected chi connectivity index (χ3v) is 2.96. The lowest BCUT2D eigenvalue weighted by Crippen LogP contribution is -2.18. The molecule has 0 amide bonds. The molecule has 1 atom stereocenters. The fourth-order valence-corrected chi connectivity index (χ4v) is 2.13. The minimum Gasteiger partial charge on any atom is -0.465 e. The molecule has 7 nitrogen and oxygen atoms in total. The number of hydrogen-bond donors (Lipinski definition) is 1. The molecule has 1 aliphatic rings. The van der Waals surface area contributed by atoms with Crippen molar-refractivity contribution >= 4 is 11.7 Å². The summed E-state index contributed by atoms with van der Waals surface area (Å²) in [6.45, 7) is 2.62. The van der Waals surface area contributed by atoms with Gasteiger partial charge in [0.1, 0.15) is 17.9 Å². The molecule has 1 unspecified atom stereocenters. The van der Waals surface area contributed by atoms with Gasteiger partial charge in [0.25, 0.3) is 0 Å². The Bertz CT molecular complexity index is 596. The van der Waals surface area contributed by atoms with Crippen LogP contribution in [0.2, 0.25) is 0 Å². The monoisotopic (exact) mass is 259 g/mol. The second-order valence-electron chi connectivity index (χ2n) is 4.09. The van der Waals surface area contributed by atoms with Gasteiger partial charge in [0.2, 0.25) is 0 Å². The highest BCUT2D eigenvalue weighted by Gasteiger charge is 2.33. The Balaban J connectivity index is 2.00. The van der Waals surface area contributed by atoms with Crippen LogP contribution in [0, 0.1) is 0 Å². The van der Waals surface area contributed by atoms with E-state index in [2.05, 4.69) is 20.4 Å². The summed E-state index contributed by atoms with van der Waals surface area (Å²) in [5, 5.41) is 7.30. The first-order chi connectivity index (χ1) is 9.31. The molecule has 3 heterocycles. The molecule has 0 saturated heterocycles. The van der Waals surface area contributed by atoms with Crippen molar-refractivity contribution in [1.82, 2.24) is 19.7 Å². The van der Waals surface area contributed by atoms with Gasteiger partial charge >= 0.3 is 5.97 Å². The van der Waals surface area contributed by atoms with Gasteiger partial charge in [-0.25, -0.2) is 14.6 Å². The second-order valence-corrected chi connectivity index (χ2v) is 4.09. The summed E-state index contributed by atoms with van der Waals surface area (Å²) in [5.74, 6) is -0.00655. The fraction of sp³-hybridized carbons (Fsp3) is 0.333. The maximum absolute atomic E-state index is 11.9. The molecule has 98 valence electrons. The second kappa shape index (κ2) is 4.68. The van der Waals surface area contributed by atoms with E-state index >= 15 is 0 Å². The first-order valence-corrected chi connectivity index (χ1v) is 6.06. The molecular weight excluding hydrogens is 246 g/mol. The first kappa shape index (κ1) is 11.6. The molecule has 0 fully saturated rings. The van der Waals surface area contributed by atoms with E-state index < -0.39 is 0 Å². The van der Waals surface area contributed by atoms with E-state index in [9.17, 15) is 4.79 Å². The summed E-state index contributed by atoms with van der Waals surface area (Å²) in [4.78, 5) is 20.3. The number of esters is 1. The number of anilines is 1. The molecule has 0 saturated carbocycles. The number of fused-ring (bicyclic) bond motifs is 1. The maximum atomic E-state index is 11.9. The van der Waals surface area contributed by atoms with Gasteiger partial charge in [-0.15, -0.1) is 0 Å². The van der Waals surface area contributed by atoms with Gasteiger partial charge in [-0.2, -0.15) is 5.10 Å². The Morgan fingerprint density at radius 2 is 2.47 bits per heavy atom. The molecule has 7 heteroatoms. The van der Waals surface area contributed by atoms with Crippen molar-refractivity contribution in [1.29, 1.82) is 0 Å². The van der Waals surface area contributed by atoms with Crippen LogP contribution in [0.5, 0.6) is 0 Å². The van der Waals surface area contributed by atoms with E-state index in [-0.39, 0.29) is 11.9 Å². The van der Waals surface area contributed by atoms with E-state index in [4.69, 9.17) is 4.74 Å². The average Bonchev–Trinajstić information content (AvgIpc) is 3.08. The predicted octanol–water partition coefficient (Wildman–Crippen LogP) is 0.735. The standard InChI is InChI=1S/C12H13N5O2/c1-2-19-12(18)8-6-13-10-9(8)14-7-15-11(10)17-5-3-4-16-17/h3-5,7-8,13H,2,6H2,1H3. The first-order valence-electron chi connectivity index (χ1n) is 6.06. The third-order valence-electron chi connectivity index (χ3n) is 2.96. The van der Waals surface area contributed by atoms with Gasteiger partial charge in [0, 0.05) is 18.9 Å². The van der Waals surface area contributed by atoms with Crippen LogP contribution in [0.15, 0.2) is 24.8 Å². The molecule has 3 rings (SSSR count). The predicted molar refractivity (Wildman–Crippen MR) is 67.0 cm³/mol. The smallest absolute Gasteiger partial charge is 0.316 e. The van der Waals surface area contributed by atoms with E-state index in [1.54, 1.807) is 24.0 Å². The summed E-state index contributed by atoms with van der Waals surface area (Å²) < 4.78 is 6.69. The SMILES string of the molecule is CCOC(=O)C1CNc2c1ncnc2-n1cccn1. The van der Waals surface area contributed by atoms with Crippen LogP contribution >= 0.6 is 0 Å². The minimum absolute atomic E-state index is 0.265. The Labute approximate surface area is 109 Å². The van der Waals surface area contributed by atoms with Crippen LogP contribution in [0.3, 0.4) is 0 Å². The molecular formula is C12H13N5O2. The molecule has 0 bridgehead atoms. The fourth-order valence-electron chi connectivity index (χ4n) is 2.13. The van der Waals surface area contributed by atoms with Gasteiger partial charge in [-0.1, -0.05) is 0 Å². The van der Waals surface area contributed by atoms with Crippen molar-refractivity contribution < 1.29 is 9.53 Å². The van der Waals surface area contributed by atoms with Crippen LogP contribution in [0.4, 0.5) is 5.69 Å². The summed E-state index contributed by atoms with van der Waals surface area (Å²) >= 11 is 0. The lowest BCUT2D eigenvalue weighted by Gasteiger charge is -2.08. The third kappa shape index (κ3) is 1.92. The number of nitrogens with one attached hydrogen (secondary N) is 1. The highest BCUT2D eigenvalue weighted by molar-refractivity contribution is 5.84. The number of carbonyl (C=O) groups is 1. The molecule has 1 N–H and O–H groups in total. The molecule has 1 aliphatic heterocycles. The zero-order chi connectivity index (χ0) is 13.2. The van der Waals surface area contributed by atoms with E-state index in [1.165, 1.54) is 6.33 Å². The molecule has 0 spiro atoms. The largest absolute Gasteiger partial charge is 0.465 e. The Kier molecular flexibility index (Phi) is 2.86. The molecule has 0 aromatic carbocycles. The molecule has 0 radical (unpaired) electrons. The summed E-state index contributed by atoms with van der Waals surface area (Å²) in [7, 11) is 0. The summed E-state index contributed by atoms with van der Waals surface area (Å²) in [6.07, 6.45) is 4.91. The minimum atomic E-state index is -0.382. The van der Waals surface area contributed by atoms with E-state index in [1.807, 2.05) is 6.07 Å². The normalized spacial score (nSPS) is 16.8. The van der Waals surface area contributed by atoms with Gasteiger partial charge in [-0.3, -0.25) is 4.79 Å². The lowest BCUT2D eigenvalue weighted by atomic mass is 10.1. The highest BCUT2D eigenvalue weighted by atomic mass is 16.5. The topological polar surface area (TPSA) is 81.9 Å². The number of aromatic nitrogens is 4. The Morgan fingerprint density at radius 3 is 3.21 bits per heavy atom. The molecule has 19 heavy (non-hydrogen) atoms. The van der Waals surface area contributed by atoms with Gasteiger partial charge in [0.15, 0.2) is 5.82 Å². The number of carbonyl (C=O) groups excluding carboxylic acids is 1. The number of ether oxygens (including phenoxy) is 1. The van der Waals surface area contributed by atoms with Crippen molar-refractivity contribution in [3.05, 3.63) is 30.5 Å². The molecule has 2 aromatic heterocycles. The Hall–Kier alpha value is -2.44. The molecule has 0 aliphatic carbocycles. The van der Waals surface area contributed by atoms with Crippen LogP contribution in [-0.2, 0) is 9.53 Å². The van der Waals surface area contributed by atoms with Crippen molar-refractivity contribution in [3.8, 4) is 5.82 Å². The van der Waals surface area contributed by atoms with Gasteiger partial charge in [0.05, 0.1) is 12.3 Å². The zero-order valence-electron chi connectivity index (χ0n) is 10.4. The van der Waals surface area contributed by atoms with Crippen LogP contribution < -0.4 is 5.32 Å². The number of nitrogens with zero attached hydrogens (tertiary/aromatic N) is 4. The summed E-state index contributed by atoms with van der Waals surface area (Å²) in [5.41, 5.74) is 1.41. The van der Waals surface area contributed by atoms with Crippen molar-refractivity contribution in [2.75, 3.05) is 18.5 Å². The maximum Gasteiger partial charge on any atom is 0.316 e. The van der Waals surface area contributed by atoms with E-state index in [0.717, 1.165) is 5.69 Å². The van der Waals surface area contributed by atoms with Crippen molar-refractivity contribution in [3.63, 3.8) is 0 Å².